The number of para-hydroxylation sites is 1. The number of esters is 1. The number of nitrogens with zero attached hydrogens (tertiary/aromatic N) is 2. The highest BCUT2D eigenvalue weighted by Crippen LogP contribution is 2.29. The fourth-order valence-corrected chi connectivity index (χ4v) is 2.47. The van der Waals surface area contributed by atoms with E-state index in [1.807, 2.05) is 18.2 Å². The summed E-state index contributed by atoms with van der Waals surface area (Å²) in [6.45, 7) is 0.369. The van der Waals surface area contributed by atoms with Crippen molar-refractivity contribution >= 4 is 5.97 Å². The van der Waals surface area contributed by atoms with E-state index < -0.39 is 23.8 Å². The molecule has 3 rings (SSSR count). The van der Waals surface area contributed by atoms with Crippen LogP contribution in [0.3, 0.4) is 0 Å². The Morgan fingerprint density at radius 2 is 1.79 bits per heavy atom. The lowest BCUT2D eigenvalue weighted by Gasteiger charge is -2.19. The van der Waals surface area contributed by atoms with E-state index in [1.165, 1.54) is 0 Å². The zero-order valence-electron chi connectivity index (χ0n) is 14.7. The van der Waals surface area contributed by atoms with Gasteiger partial charge in [-0.2, -0.15) is 13.2 Å². The largest absolute Gasteiger partial charge is 0.490 e. The normalized spacial score (nSPS) is 12.4. The zero-order valence-corrected chi connectivity index (χ0v) is 14.7. The lowest BCUT2D eigenvalue weighted by molar-refractivity contribution is -0.137. The molecule has 8 heteroatoms. The molecule has 5 nitrogen and oxygen atoms in total. The molecule has 0 radical (unpaired) electrons. The molecule has 0 aliphatic heterocycles. The van der Waals surface area contributed by atoms with E-state index in [2.05, 4.69) is 4.98 Å². The minimum absolute atomic E-state index is 0.0309. The van der Waals surface area contributed by atoms with Crippen LogP contribution in [0.2, 0.25) is 0 Å². The number of carbonyl (C=O) groups excluding carboxylic acids is 1. The molecule has 0 N–H and O–H groups in total. The van der Waals surface area contributed by atoms with E-state index in [-0.39, 0.29) is 12.2 Å². The molecular weight excluding hydrogens is 373 g/mol. The van der Waals surface area contributed by atoms with Gasteiger partial charge in [0.15, 0.2) is 6.10 Å². The summed E-state index contributed by atoms with van der Waals surface area (Å²) in [5.74, 6) is -0.112. The number of alkyl halides is 3. The third kappa shape index (κ3) is 5.35. The van der Waals surface area contributed by atoms with Crippen molar-refractivity contribution in [2.24, 2.45) is 0 Å². The lowest BCUT2D eigenvalue weighted by atomic mass is 10.1. The van der Waals surface area contributed by atoms with Gasteiger partial charge in [0, 0.05) is 12.4 Å². The van der Waals surface area contributed by atoms with Crippen molar-refractivity contribution in [1.29, 1.82) is 0 Å². The second-order valence-electron chi connectivity index (χ2n) is 5.99. The maximum atomic E-state index is 12.7. The molecule has 1 atom stereocenters. The third-order valence-corrected chi connectivity index (χ3v) is 3.87. The maximum Gasteiger partial charge on any atom is 0.416 e. The van der Waals surface area contributed by atoms with Crippen molar-refractivity contribution in [3.8, 4) is 5.75 Å². The van der Waals surface area contributed by atoms with Crippen LogP contribution in [-0.4, -0.2) is 28.2 Å². The molecule has 0 bridgehead atoms. The molecule has 146 valence electrons. The fourth-order valence-electron chi connectivity index (χ4n) is 2.47. The van der Waals surface area contributed by atoms with Gasteiger partial charge in [0.2, 0.25) is 0 Å². The number of imidazole rings is 1. The predicted molar refractivity (Wildman–Crippen MR) is 94.8 cm³/mol. The van der Waals surface area contributed by atoms with Crippen LogP contribution in [0, 0.1) is 0 Å². The maximum absolute atomic E-state index is 12.7. The van der Waals surface area contributed by atoms with Crippen LogP contribution >= 0.6 is 0 Å². The summed E-state index contributed by atoms with van der Waals surface area (Å²) < 4.78 is 50.8. The number of aromatic nitrogens is 2. The monoisotopic (exact) mass is 390 g/mol. The SMILES string of the molecule is O=C(OC(COc1ccccc1)Cn1ccnc1)c1ccc(C(F)(F)F)cc1. The summed E-state index contributed by atoms with van der Waals surface area (Å²) in [6.07, 6.45) is -0.254. The van der Waals surface area contributed by atoms with Gasteiger partial charge in [-0.3, -0.25) is 0 Å². The Labute approximate surface area is 159 Å². The van der Waals surface area contributed by atoms with E-state index in [0.717, 1.165) is 24.3 Å². The summed E-state index contributed by atoms with van der Waals surface area (Å²) in [7, 11) is 0. The number of hydrogen-bond donors (Lipinski definition) is 0. The Kier molecular flexibility index (Phi) is 5.98. The van der Waals surface area contributed by atoms with Crippen molar-refractivity contribution in [2.45, 2.75) is 18.8 Å². The zero-order chi connectivity index (χ0) is 20.0. The second kappa shape index (κ2) is 8.60. The van der Waals surface area contributed by atoms with Gasteiger partial charge in [-0.25, -0.2) is 9.78 Å². The van der Waals surface area contributed by atoms with Crippen molar-refractivity contribution < 1.29 is 27.4 Å². The van der Waals surface area contributed by atoms with E-state index in [0.29, 0.717) is 12.3 Å². The molecule has 3 aromatic rings. The minimum atomic E-state index is -4.46. The van der Waals surface area contributed by atoms with Gasteiger partial charge >= 0.3 is 12.1 Å². The van der Waals surface area contributed by atoms with Crippen LogP contribution in [0.15, 0.2) is 73.3 Å². The number of ether oxygens (including phenoxy) is 2. The number of halogens is 3. The van der Waals surface area contributed by atoms with Gasteiger partial charge in [0.05, 0.1) is 24.0 Å². The van der Waals surface area contributed by atoms with Gasteiger partial charge < -0.3 is 14.0 Å². The number of hydrogen-bond acceptors (Lipinski definition) is 4. The number of carbonyl (C=O) groups is 1. The van der Waals surface area contributed by atoms with E-state index in [1.54, 1.807) is 35.4 Å². The van der Waals surface area contributed by atoms with Gasteiger partial charge in [0.1, 0.15) is 12.4 Å². The molecule has 1 heterocycles. The van der Waals surface area contributed by atoms with Gasteiger partial charge in [0.25, 0.3) is 0 Å². The Morgan fingerprint density at radius 3 is 2.39 bits per heavy atom. The summed E-state index contributed by atoms with van der Waals surface area (Å²) in [5, 5.41) is 0. The predicted octanol–water partition coefficient (Wildman–Crippen LogP) is 4.21. The molecule has 2 aromatic carbocycles. The van der Waals surface area contributed by atoms with Gasteiger partial charge in [-0.1, -0.05) is 18.2 Å². The molecule has 0 spiro atoms. The van der Waals surface area contributed by atoms with E-state index >= 15 is 0 Å². The first-order valence-corrected chi connectivity index (χ1v) is 8.43. The fraction of sp³-hybridized carbons (Fsp3) is 0.200. The molecular formula is C20H17F3N2O3. The van der Waals surface area contributed by atoms with Gasteiger partial charge in [-0.15, -0.1) is 0 Å². The molecule has 0 aliphatic rings. The van der Waals surface area contributed by atoms with Crippen molar-refractivity contribution in [3.63, 3.8) is 0 Å². The topological polar surface area (TPSA) is 53.4 Å². The van der Waals surface area contributed by atoms with Crippen molar-refractivity contribution in [2.75, 3.05) is 6.61 Å². The molecule has 0 amide bonds. The first-order chi connectivity index (χ1) is 13.4. The summed E-state index contributed by atoms with van der Waals surface area (Å²) >= 11 is 0. The van der Waals surface area contributed by atoms with Crippen LogP contribution in [0.1, 0.15) is 15.9 Å². The Morgan fingerprint density at radius 1 is 1.07 bits per heavy atom. The van der Waals surface area contributed by atoms with Gasteiger partial charge in [-0.05, 0) is 36.4 Å². The smallest absolute Gasteiger partial charge is 0.416 e. The molecule has 1 aromatic heterocycles. The highest BCUT2D eigenvalue weighted by atomic mass is 19.4. The van der Waals surface area contributed by atoms with E-state index in [9.17, 15) is 18.0 Å². The van der Waals surface area contributed by atoms with Crippen LogP contribution in [0.4, 0.5) is 13.2 Å². The third-order valence-electron chi connectivity index (χ3n) is 3.87. The van der Waals surface area contributed by atoms with Crippen LogP contribution in [0.25, 0.3) is 0 Å². The molecule has 0 saturated carbocycles. The van der Waals surface area contributed by atoms with Crippen LogP contribution in [-0.2, 0) is 17.5 Å². The summed E-state index contributed by atoms with van der Waals surface area (Å²) in [6, 6.07) is 12.9. The molecule has 28 heavy (non-hydrogen) atoms. The highest BCUT2D eigenvalue weighted by molar-refractivity contribution is 5.89. The second-order valence-corrected chi connectivity index (χ2v) is 5.99. The Balaban J connectivity index is 1.68. The molecule has 0 fully saturated rings. The first-order valence-electron chi connectivity index (χ1n) is 8.43. The minimum Gasteiger partial charge on any atom is -0.490 e. The molecule has 0 saturated heterocycles. The summed E-state index contributed by atoms with van der Waals surface area (Å²) in [4.78, 5) is 16.3. The highest BCUT2D eigenvalue weighted by Gasteiger charge is 2.30. The standard InChI is InChI=1S/C20H17F3N2O3/c21-20(22,23)16-8-6-15(7-9-16)19(26)28-18(12-25-11-10-24-14-25)13-27-17-4-2-1-3-5-17/h1-11,14,18H,12-13H2. The van der Waals surface area contributed by atoms with Crippen molar-refractivity contribution in [1.82, 2.24) is 9.55 Å². The van der Waals surface area contributed by atoms with Crippen molar-refractivity contribution in [3.05, 3.63) is 84.4 Å². The number of rotatable bonds is 7. The average molecular weight is 390 g/mol. The lowest BCUT2D eigenvalue weighted by Crippen LogP contribution is -2.29. The average Bonchev–Trinajstić information content (AvgIpc) is 3.19. The quantitative estimate of drug-likeness (QED) is 0.567. The summed E-state index contributed by atoms with van der Waals surface area (Å²) in [5.41, 5.74) is -0.797. The van der Waals surface area contributed by atoms with Crippen LogP contribution < -0.4 is 4.74 Å². The molecule has 0 aliphatic carbocycles. The number of benzene rings is 2. The molecule has 1 unspecified atom stereocenters. The first kappa shape index (κ1) is 19.5. The Bertz CT molecular complexity index is 879. The van der Waals surface area contributed by atoms with Crippen LogP contribution in [0.5, 0.6) is 5.75 Å². The Hall–Kier alpha value is -3.29. The van der Waals surface area contributed by atoms with E-state index in [4.69, 9.17) is 9.47 Å².